The lowest BCUT2D eigenvalue weighted by Crippen LogP contribution is -1.99. The Morgan fingerprint density at radius 2 is 2.11 bits per heavy atom. The molecule has 1 aromatic carbocycles. The van der Waals surface area contributed by atoms with E-state index in [2.05, 4.69) is 20.9 Å². The normalized spacial score (nSPS) is 13.0. The fourth-order valence-electron chi connectivity index (χ4n) is 1.78. The van der Waals surface area contributed by atoms with E-state index in [1.165, 1.54) is 0 Å². The van der Waals surface area contributed by atoms with Crippen LogP contribution in [0.1, 0.15) is 16.9 Å². The third-order valence-electron chi connectivity index (χ3n) is 2.63. The second-order valence-corrected chi connectivity index (χ2v) is 5.83. The number of halogens is 1. The minimum Gasteiger partial charge on any atom is -0.452 e. The van der Waals surface area contributed by atoms with E-state index in [0.717, 1.165) is 15.2 Å². The Hall–Kier alpha value is -1.17. The molecule has 92 valence electrons. The van der Waals surface area contributed by atoms with Gasteiger partial charge in [-0.25, -0.2) is 4.98 Å². The number of para-hydroxylation sites is 1. The second-order valence-electron chi connectivity index (χ2n) is 3.94. The molecule has 3 nitrogen and oxygen atoms in total. The zero-order valence-corrected chi connectivity index (χ0v) is 11.7. The summed E-state index contributed by atoms with van der Waals surface area (Å²) in [4.78, 5) is 4.49. The van der Waals surface area contributed by atoms with E-state index in [-0.39, 0.29) is 0 Å². The molecule has 0 aliphatic carbocycles. The van der Waals surface area contributed by atoms with Crippen molar-refractivity contribution >= 4 is 37.5 Å². The number of fused-ring (bicyclic) bond motifs is 1. The zero-order chi connectivity index (χ0) is 12.5. The smallest absolute Gasteiger partial charge is 0.169 e. The number of aromatic nitrogens is 1. The number of thiazole rings is 1. The van der Waals surface area contributed by atoms with Crippen molar-refractivity contribution in [3.63, 3.8) is 0 Å². The lowest BCUT2D eigenvalue weighted by molar-refractivity contribution is 0.149. The molecule has 0 bridgehead atoms. The molecule has 0 amide bonds. The minimum atomic E-state index is -0.656. The maximum absolute atomic E-state index is 10.1. The molecule has 0 radical (unpaired) electrons. The van der Waals surface area contributed by atoms with Crippen LogP contribution in [-0.2, 0) is 6.42 Å². The third-order valence-corrected chi connectivity index (χ3v) is 4.11. The van der Waals surface area contributed by atoms with Crippen LogP contribution in [0.15, 0.2) is 45.5 Å². The Labute approximate surface area is 116 Å². The molecule has 3 aromatic rings. The van der Waals surface area contributed by atoms with Crippen molar-refractivity contribution in [2.75, 3.05) is 0 Å². The molecule has 1 atom stereocenters. The molecule has 0 aliphatic rings. The molecule has 3 rings (SSSR count). The van der Waals surface area contributed by atoms with Gasteiger partial charge in [0, 0.05) is 6.42 Å². The number of aliphatic hydroxyl groups is 1. The van der Waals surface area contributed by atoms with Gasteiger partial charge in [-0.1, -0.05) is 12.1 Å². The van der Waals surface area contributed by atoms with E-state index < -0.39 is 6.10 Å². The van der Waals surface area contributed by atoms with Gasteiger partial charge in [0.05, 0.1) is 15.2 Å². The highest BCUT2D eigenvalue weighted by atomic mass is 79.9. The van der Waals surface area contributed by atoms with Crippen LogP contribution in [0.3, 0.4) is 0 Å². The van der Waals surface area contributed by atoms with Crippen molar-refractivity contribution in [3.8, 4) is 0 Å². The van der Waals surface area contributed by atoms with Crippen molar-refractivity contribution in [2.45, 2.75) is 12.5 Å². The van der Waals surface area contributed by atoms with E-state index in [4.69, 9.17) is 4.42 Å². The van der Waals surface area contributed by atoms with E-state index in [1.54, 1.807) is 23.5 Å². The van der Waals surface area contributed by atoms with Crippen LogP contribution in [0.4, 0.5) is 0 Å². The number of aliphatic hydroxyl groups excluding tert-OH is 1. The summed E-state index contributed by atoms with van der Waals surface area (Å²) in [5, 5.41) is 11.0. The van der Waals surface area contributed by atoms with Crippen molar-refractivity contribution in [1.82, 2.24) is 4.98 Å². The Balaban J connectivity index is 1.83. The van der Waals surface area contributed by atoms with Gasteiger partial charge in [0.1, 0.15) is 11.9 Å². The molecule has 1 N–H and O–H groups in total. The highest BCUT2D eigenvalue weighted by Crippen LogP contribution is 2.27. The summed E-state index contributed by atoms with van der Waals surface area (Å²) in [6.07, 6.45) is -0.184. The quantitative estimate of drug-likeness (QED) is 0.794. The summed E-state index contributed by atoms with van der Waals surface area (Å²) < 4.78 is 7.10. The number of rotatable bonds is 3. The Bertz CT molecular complexity index is 643. The molecule has 0 saturated carbocycles. The van der Waals surface area contributed by atoms with Gasteiger partial charge in [-0.3, -0.25) is 0 Å². The lowest BCUT2D eigenvalue weighted by Gasteiger charge is -2.04. The maximum Gasteiger partial charge on any atom is 0.169 e. The van der Waals surface area contributed by atoms with Gasteiger partial charge in [-0.2, -0.15) is 0 Å². The maximum atomic E-state index is 10.1. The predicted molar refractivity (Wildman–Crippen MR) is 74.7 cm³/mol. The van der Waals surface area contributed by atoms with Crippen LogP contribution in [-0.4, -0.2) is 10.1 Å². The van der Waals surface area contributed by atoms with Crippen LogP contribution in [0.25, 0.3) is 10.2 Å². The SMILES string of the molecule is OC(Cc1nc2ccccc2s1)c1ccc(Br)o1. The standard InChI is InChI=1S/C13H10BrNO2S/c14-12-6-5-10(17-12)9(16)7-13-15-8-3-1-2-4-11(8)18-13/h1-6,9,16H,7H2. The molecular weight excluding hydrogens is 314 g/mol. The molecule has 0 spiro atoms. The van der Waals surface area contributed by atoms with Crippen molar-refractivity contribution in [2.24, 2.45) is 0 Å². The van der Waals surface area contributed by atoms with Gasteiger partial charge in [-0.15, -0.1) is 11.3 Å². The molecule has 0 saturated heterocycles. The molecule has 0 fully saturated rings. The summed E-state index contributed by atoms with van der Waals surface area (Å²) in [6, 6.07) is 11.5. The van der Waals surface area contributed by atoms with Crippen LogP contribution >= 0.6 is 27.3 Å². The van der Waals surface area contributed by atoms with Gasteiger partial charge >= 0.3 is 0 Å². The number of nitrogens with zero attached hydrogens (tertiary/aromatic N) is 1. The van der Waals surface area contributed by atoms with E-state index in [9.17, 15) is 5.11 Å². The van der Waals surface area contributed by atoms with Crippen LogP contribution in [0, 0.1) is 0 Å². The number of hydrogen-bond donors (Lipinski definition) is 1. The predicted octanol–water partition coefficient (Wildman–Crippen LogP) is 3.93. The van der Waals surface area contributed by atoms with Crippen LogP contribution < -0.4 is 0 Å². The first-order valence-electron chi connectivity index (χ1n) is 5.50. The van der Waals surface area contributed by atoms with Gasteiger partial charge < -0.3 is 9.52 Å². The van der Waals surface area contributed by atoms with Crippen LogP contribution in [0.5, 0.6) is 0 Å². The van der Waals surface area contributed by atoms with Gasteiger partial charge in [0.2, 0.25) is 0 Å². The molecule has 18 heavy (non-hydrogen) atoms. The Morgan fingerprint density at radius 3 is 2.83 bits per heavy atom. The lowest BCUT2D eigenvalue weighted by atomic mass is 10.2. The zero-order valence-electron chi connectivity index (χ0n) is 9.34. The second kappa shape index (κ2) is 4.84. The number of benzene rings is 1. The van der Waals surface area contributed by atoms with E-state index in [1.807, 2.05) is 24.3 Å². The molecule has 1 unspecified atom stereocenters. The minimum absolute atomic E-state index is 0.472. The number of hydrogen-bond acceptors (Lipinski definition) is 4. The largest absolute Gasteiger partial charge is 0.452 e. The first kappa shape index (κ1) is 11.9. The first-order valence-corrected chi connectivity index (χ1v) is 7.11. The molecular formula is C13H10BrNO2S. The summed E-state index contributed by atoms with van der Waals surface area (Å²) in [5.74, 6) is 0.557. The van der Waals surface area contributed by atoms with Crippen molar-refractivity contribution in [1.29, 1.82) is 0 Å². The Kier molecular flexibility index (Phi) is 3.20. The molecule has 2 heterocycles. The molecule has 0 aliphatic heterocycles. The van der Waals surface area contributed by atoms with Gasteiger partial charge in [0.25, 0.3) is 0 Å². The van der Waals surface area contributed by atoms with E-state index in [0.29, 0.717) is 16.9 Å². The monoisotopic (exact) mass is 323 g/mol. The highest BCUT2D eigenvalue weighted by Gasteiger charge is 2.15. The van der Waals surface area contributed by atoms with Gasteiger partial charge in [-0.05, 0) is 40.2 Å². The summed E-state index contributed by atoms with van der Waals surface area (Å²) >= 11 is 4.83. The van der Waals surface area contributed by atoms with Gasteiger partial charge in [0.15, 0.2) is 4.67 Å². The third kappa shape index (κ3) is 2.34. The summed E-state index contributed by atoms with van der Waals surface area (Å²) in [7, 11) is 0. The summed E-state index contributed by atoms with van der Waals surface area (Å²) in [5.41, 5.74) is 0.977. The summed E-state index contributed by atoms with van der Waals surface area (Å²) in [6.45, 7) is 0. The fourth-order valence-corrected chi connectivity index (χ4v) is 3.10. The molecule has 2 aromatic heterocycles. The average Bonchev–Trinajstić information content (AvgIpc) is 2.94. The van der Waals surface area contributed by atoms with Crippen LogP contribution in [0.2, 0.25) is 0 Å². The topological polar surface area (TPSA) is 46.3 Å². The number of furan rings is 1. The first-order chi connectivity index (χ1) is 8.72. The molecule has 5 heteroatoms. The van der Waals surface area contributed by atoms with E-state index >= 15 is 0 Å². The average molecular weight is 324 g/mol. The van der Waals surface area contributed by atoms with Crippen molar-refractivity contribution in [3.05, 3.63) is 51.8 Å². The van der Waals surface area contributed by atoms with Crippen molar-refractivity contribution < 1.29 is 9.52 Å². The Morgan fingerprint density at radius 1 is 1.28 bits per heavy atom. The fraction of sp³-hybridized carbons (Fsp3) is 0.154. The highest BCUT2D eigenvalue weighted by molar-refractivity contribution is 9.10.